The molecule has 1 saturated carbocycles. The van der Waals surface area contributed by atoms with E-state index in [1.165, 1.54) is 11.0 Å². The summed E-state index contributed by atoms with van der Waals surface area (Å²) in [6, 6.07) is 22.2. The molecule has 6 atom stereocenters. The van der Waals surface area contributed by atoms with E-state index in [1.54, 1.807) is 7.11 Å². The van der Waals surface area contributed by atoms with E-state index in [2.05, 4.69) is 17.2 Å². The van der Waals surface area contributed by atoms with Crippen molar-refractivity contribution in [3.05, 3.63) is 103 Å². The lowest BCUT2D eigenvalue weighted by molar-refractivity contribution is -0.144. The van der Waals surface area contributed by atoms with Gasteiger partial charge >= 0.3 is 12.0 Å². The van der Waals surface area contributed by atoms with Gasteiger partial charge in [0.2, 0.25) is 5.91 Å². The number of nitrogens with one attached hydrogen (secondary N) is 2. The van der Waals surface area contributed by atoms with E-state index in [1.807, 2.05) is 78.9 Å². The monoisotopic (exact) mass is 648 g/mol. The molecule has 1 aliphatic heterocycles. The molecule has 11 nitrogen and oxygen atoms in total. The topological polar surface area (TPSA) is 150 Å². The number of aliphatic hydroxyl groups excluding tert-OH is 1. The van der Waals surface area contributed by atoms with Gasteiger partial charge in [0.1, 0.15) is 29.2 Å². The molecule has 3 aromatic carbocycles. The van der Waals surface area contributed by atoms with Gasteiger partial charge < -0.3 is 35.2 Å². The number of carboxylic acids is 1. The van der Waals surface area contributed by atoms with Crippen molar-refractivity contribution in [2.45, 2.75) is 49.1 Å². The first-order valence-corrected chi connectivity index (χ1v) is 15.9. The molecule has 246 valence electrons. The maximum Gasteiger partial charge on any atom is 0.330 e. The lowest BCUT2D eigenvalue weighted by Gasteiger charge is -2.28. The van der Waals surface area contributed by atoms with Crippen LogP contribution in [0.25, 0.3) is 22.2 Å². The number of aliphatic carboxylic acids is 1. The fraction of sp³-hybridized carbons (Fsp3) is 0.297. The zero-order chi connectivity index (χ0) is 33.6. The molecular weight excluding hydrogens is 612 g/mol. The third-order valence-corrected chi connectivity index (χ3v) is 9.68. The number of likely N-dealkylation sites (tertiary alicyclic amines) is 1. The van der Waals surface area contributed by atoms with E-state index in [4.69, 9.17) is 14.5 Å². The maximum atomic E-state index is 13.9. The van der Waals surface area contributed by atoms with Gasteiger partial charge in [0, 0.05) is 41.8 Å². The molecule has 0 spiro atoms. The first-order chi connectivity index (χ1) is 23.2. The van der Waals surface area contributed by atoms with E-state index >= 15 is 0 Å². The van der Waals surface area contributed by atoms with Crippen LogP contribution >= 0.6 is 0 Å². The van der Waals surface area contributed by atoms with Crippen molar-refractivity contribution < 1.29 is 34.1 Å². The highest BCUT2D eigenvalue weighted by atomic mass is 16.5. The molecule has 0 bridgehead atoms. The van der Waals surface area contributed by atoms with E-state index in [-0.39, 0.29) is 19.4 Å². The Morgan fingerprint density at radius 1 is 1.06 bits per heavy atom. The summed E-state index contributed by atoms with van der Waals surface area (Å²) in [5, 5.41) is 27.2. The Labute approximate surface area is 277 Å². The average molecular weight is 649 g/mol. The minimum atomic E-state index is -1.47. The van der Waals surface area contributed by atoms with Crippen LogP contribution in [-0.2, 0) is 16.0 Å². The van der Waals surface area contributed by atoms with Crippen LogP contribution in [0.2, 0.25) is 0 Å². The first-order valence-electron chi connectivity index (χ1n) is 15.9. The van der Waals surface area contributed by atoms with Gasteiger partial charge in [0.15, 0.2) is 0 Å². The third-order valence-electron chi connectivity index (χ3n) is 9.68. The molecule has 2 fully saturated rings. The zero-order valence-corrected chi connectivity index (χ0v) is 26.3. The summed E-state index contributed by atoms with van der Waals surface area (Å²) in [7, 11) is 1.58. The molecule has 3 aliphatic rings. The van der Waals surface area contributed by atoms with Crippen molar-refractivity contribution in [3.8, 4) is 22.8 Å². The number of benzene rings is 3. The van der Waals surface area contributed by atoms with Crippen LogP contribution in [0.15, 0.2) is 91.5 Å². The summed E-state index contributed by atoms with van der Waals surface area (Å²) < 4.78 is 12.0. The Bertz CT molecular complexity index is 1920. The van der Waals surface area contributed by atoms with Crippen LogP contribution in [0.5, 0.6) is 11.5 Å². The molecule has 48 heavy (non-hydrogen) atoms. The van der Waals surface area contributed by atoms with Gasteiger partial charge in [-0.3, -0.25) is 4.79 Å². The standard InChI is InChI=1S/C37H36N4O7/c1-3-23-19-37(23,35(44)45)40-34(43)30-17-25(20-41(30)36(46)39-33-26-12-8-7-11-22(26)15-31(33)42)48-32-18-28(21-9-5-4-6-10-21)38-29-16-24(47-2)13-14-27(29)32/h3-14,16,18,23,25,30-31,33,42H,1,15,17,19-20H2,2H3,(H,39,46)(H,40,43)(H,44,45)/t23?,25-,30+,31-,33?,37-/m1/s1. The molecule has 11 heteroatoms. The number of carbonyl (C=O) groups excluding carboxylic acids is 2. The molecule has 7 rings (SSSR count). The van der Waals surface area contributed by atoms with Gasteiger partial charge in [-0.05, 0) is 29.7 Å². The molecule has 1 aromatic heterocycles. The smallest absolute Gasteiger partial charge is 0.330 e. The lowest BCUT2D eigenvalue weighted by atomic mass is 10.1. The predicted octanol–water partition coefficient (Wildman–Crippen LogP) is 4.25. The highest BCUT2D eigenvalue weighted by molar-refractivity contribution is 5.95. The number of pyridine rings is 1. The van der Waals surface area contributed by atoms with Crippen LogP contribution in [0.3, 0.4) is 0 Å². The number of fused-ring (bicyclic) bond motifs is 2. The van der Waals surface area contributed by atoms with Gasteiger partial charge in [0.05, 0.1) is 37.0 Å². The SMILES string of the molecule is C=CC1C[C@]1(NC(=O)[C@@H]1C[C@@H](Oc2cc(-c3ccccc3)nc3cc(OC)ccc23)CN1C(=O)NC1c2ccccc2C[C@H]1O)C(=O)O. The minimum Gasteiger partial charge on any atom is -0.497 e. The fourth-order valence-electron chi connectivity index (χ4n) is 6.98. The molecule has 2 aliphatic carbocycles. The highest BCUT2D eigenvalue weighted by Crippen LogP contribution is 2.45. The largest absolute Gasteiger partial charge is 0.497 e. The molecular formula is C37H36N4O7. The summed E-state index contributed by atoms with van der Waals surface area (Å²) in [6.07, 6.45) is 0.782. The van der Waals surface area contributed by atoms with Crippen molar-refractivity contribution in [1.82, 2.24) is 20.5 Å². The average Bonchev–Trinajstić information content (AvgIpc) is 3.51. The third kappa shape index (κ3) is 5.60. The van der Waals surface area contributed by atoms with Crippen molar-refractivity contribution in [2.75, 3.05) is 13.7 Å². The Kier molecular flexibility index (Phi) is 8.00. The van der Waals surface area contributed by atoms with E-state index in [0.29, 0.717) is 29.1 Å². The second-order valence-corrected chi connectivity index (χ2v) is 12.6. The normalized spacial score (nSPS) is 25.6. The Morgan fingerprint density at radius 2 is 1.83 bits per heavy atom. The van der Waals surface area contributed by atoms with Crippen LogP contribution in [0.4, 0.5) is 4.79 Å². The molecule has 1 saturated heterocycles. The number of hydrogen-bond acceptors (Lipinski definition) is 7. The number of amides is 3. The van der Waals surface area contributed by atoms with Gasteiger partial charge in [-0.15, -0.1) is 6.58 Å². The van der Waals surface area contributed by atoms with E-state index < -0.39 is 53.7 Å². The number of nitrogens with zero attached hydrogens (tertiary/aromatic N) is 2. The Balaban J connectivity index is 1.20. The fourth-order valence-corrected chi connectivity index (χ4v) is 6.98. The van der Waals surface area contributed by atoms with E-state index in [0.717, 1.165) is 22.1 Å². The Hall–Kier alpha value is -5.42. The van der Waals surface area contributed by atoms with Crippen molar-refractivity contribution >= 4 is 28.8 Å². The number of ether oxygens (including phenoxy) is 2. The lowest BCUT2D eigenvalue weighted by Crippen LogP contribution is -2.55. The van der Waals surface area contributed by atoms with Crippen molar-refractivity contribution in [2.24, 2.45) is 5.92 Å². The number of rotatable bonds is 9. The summed E-state index contributed by atoms with van der Waals surface area (Å²) in [6.45, 7) is 3.75. The predicted molar refractivity (Wildman–Crippen MR) is 177 cm³/mol. The first kappa shape index (κ1) is 31.2. The maximum absolute atomic E-state index is 13.9. The second-order valence-electron chi connectivity index (χ2n) is 12.6. The van der Waals surface area contributed by atoms with Crippen molar-refractivity contribution in [3.63, 3.8) is 0 Å². The molecule has 0 radical (unpaired) electrons. The number of carbonyl (C=O) groups is 3. The molecule has 4 aromatic rings. The molecule has 4 N–H and O–H groups in total. The minimum absolute atomic E-state index is 0.0416. The quantitative estimate of drug-likeness (QED) is 0.197. The van der Waals surface area contributed by atoms with Crippen molar-refractivity contribution in [1.29, 1.82) is 0 Å². The van der Waals surface area contributed by atoms with Crippen LogP contribution in [0.1, 0.15) is 30.0 Å². The van der Waals surface area contributed by atoms with Crippen LogP contribution in [0, 0.1) is 5.92 Å². The van der Waals surface area contributed by atoms with Gasteiger partial charge in [0.25, 0.3) is 0 Å². The van der Waals surface area contributed by atoms with Crippen LogP contribution < -0.4 is 20.1 Å². The second kappa shape index (κ2) is 12.3. The number of aromatic nitrogens is 1. The van der Waals surface area contributed by atoms with E-state index in [9.17, 15) is 24.6 Å². The summed E-state index contributed by atoms with van der Waals surface area (Å²) in [5.74, 6) is -1.02. The number of hydrogen-bond donors (Lipinski definition) is 4. The summed E-state index contributed by atoms with van der Waals surface area (Å²) in [4.78, 5) is 46.2. The van der Waals surface area contributed by atoms with Gasteiger partial charge in [-0.1, -0.05) is 60.7 Å². The highest BCUT2D eigenvalue weighted by Gasteiger charge is 2.61. The number of urea groups is 1. The van der Waals surface area contributed by atoms with Gasteiger partial charge in [-0.25, -0.2) is 14.6 Å². The number of aliphatic hydroxyl groups is 1. The Morgan fingerprint density at radius 3 is 2.56 bits per heavy atom. The van der Waals surface area contributed by atoms with Crippen LogP contribution in [-0.4, -0.2) is 75.4 Å². The molecule has 3 amide bonds. The summed E-state index contributed by atoms with van der Waals surface area (Å²) >= 11 is 0. The summed E-state index contributed by atoms with van der Waals surface area (Å²) in [5.41, 5.74) is 2.49. The number of methoxy groups -OCH3 is 1. The van der Waals surface area contributed by atoms with Gasteiger partial charge in [-0.2, -0.15) is 0 Å². The molecule has 2 unspecified atom stereocenters. The number of carboxylic acid groups (broad SMARTS) is 1. The zero-order valence-electron chi connectivity index (χ0n) is 26.3. The molecule has 2 heterocycles.